The number of pyridine rings is 1. The highest BCUT2D eigenvalue weighted by atomic mass is 19.4. The van der Waals surface area contributed by atoms with Crippen molar-refractivity contribution in [2.75, 3.05) is 23.3 Å². The molecule has 1 aliphatic heterocycles. The summed E-state index contributed by atoms with van der Waals surface area (Å²) in [6, 6.07) is 11.1. The topological polar surface area (TPSA) is 83.3 Å². The summed E-state index contributed by atoms with van der Waals surface area (Å²) in [5.74, 6) is 1.48. The molecule has 3 atom stereocenters. The second kappa shape index (κ2) is 11.7. The number of alkyl halides is 3. The highest BCUT2D eigenvalue weighted by molar-refractivity contribution is 5.95. The molecule has 2 N–H and O–H groups in total. The molecule has 6 rings (SSSR count). The van der Waals surface area contributed by atoms with Crippen LogP contribution in [0.5, 0.6) is 0 Å². The molecule has 2 saturated carbocycles. The van der Waals surface area contributed by atoms with Crippen molar-refractivity contribution in [2.45, 2.75) is 76.0 Å². The first kappa shape index (κ1) is 27.6. The number of piperidine rings is 1. The Balaban J connectivity index is 1.07. The number of halogens is 3. The van der Waals surface area contributed by atoms with Crippen LogP contribution in [0.1, 0.15) is 73.8 Å². The minimum Gasteiger partial charge on any atom is -0.424 e. The minimum absolute atomic E-state index is 0.0619. The molecule has 0 unspecified atom stereocenters. The van der Waals surface area contributed by atoms with Crippen LogP contribution in [0.2, 0.25) is 0 Å². The van der Waals surface area contributed by atoms with E-state index in [2.05, 4.69) is 25.5 Å². The fourth-order valence-corrected chi connectivity index (χ4v) is 6.28. The molecule has 0 spiro atoms. The van der Waals surface area contributed by atoms with Gasteiger partial charge in [0.15, 0.2) is 5.76 Å². The molecule has 7 nitrogen and oxygen atoms in total. The van der Waals surface area contributed by atoms with Gasteiger partial charge >= 0.3 is 6.18 Å². The fourth-order valence-electron chi connectivity index (χ4n) is 6.28. The number of carbonyl (C=O) groups is 1. The van der Waals surface area contributed by atoms with Crippen LogP contribution in [0.25, 0.3) is 11.3 Å². The summed E-state index contributed by atoms with van der Waals surface area (Å²) >= 11 is 0. The predicted molar refractivity (Wildman–Crippen MR) is 151 cm³/mol. The molecule has 1 saturated heterocycles. The van der Waals surface area contributed by atoms with Gasteiger partial charge in [-0.05, 0) is 81.0 Å². The van der Waals surface area contributed by atoms with E-state index >= 15 is 0 Å². The van der Waals surface area contributed by atoms with Gasteiger partial charge in [-0.2, -0.15) is 13.2 Å². The van der Waals surface area contributed by atoms with E-state index in [0.717, 1.165) is 81.8 Å². The van der Waals surface area contributed by atoms with Crippen molar-refractivity contribution in [3.05, 3.63) is 60.0 Å². The van der Waals surface area contributed by atoms with Crippen LogP contribution in [0.3, 0.4) is 0 Å². The molecule has 1 aromatic carbocycles. The highest BCUT2D eigenvalue weighted by Crippen LogP contribution is 2.36. The van der Waals surface area contributed by atoms with Crippen LogP contribution >= 0.6 is 0 Å². The average molecular weight is 568 g/mol. The molecule has 3 fully saturated rings. The van der Waals surface area contributed by atoms with E-state index in [0.29, 0.717) is 35.2 Å². The van der Waals surface area contributed by atoms with Gasteiger partial charge in [-0.25, -0.2) is 9.97 Å². The average Bonchev–Trinajstić information content (AvgIpc) is 3.67. The Labute approximate surface area is 237 Å². The number of rotatable bonds is 8. The lowest BCUT2D eigenvalue weighted by atomic mass is 9.77. The van der Waals surface area contributed by atoms with Gasteiger partial charge in [-0.1, -0.05) is 25.0 Å². The summed E-state index contributed by atoms with van der Waals surface area (Å²) < 4.78 is 44.9. The van der Waals surface area contributed by atoms with Crippen LogP contribution in [-0.2, 0) is 6.18 Å². The summed E-state index contributed by atoms with van der Waals surface area (Å²) in [7, 11) is 0. The molecule has 41 heavy (non-hydrogen) atoms. The third kappa shape index (κ3) is 6.85. The molecule has 2 aliphatic carbocycles. The van der Waals surface area contributed by atoms with Crippen LogP contribution in [0.4, 0.5) is 24.9 Å². The van der Waals surface area contributed by atoms with Gasteiger partial charge < -0.3 is 20.0 Å². The van der Waals surface area contributed by atoms with Gasteiger partial charge in [0, 0.05) is 36.3 Å². The number of anilines is 2. The maximum absolute atomic E-state index is 12.9. The quantitative estimate of drug-likeness (QED) is 0.307. The first-order valence-electron chi connectivity index (χ1n) is 14.7. The number of nitrogens with one attached hydrogen (secondary N) is 2. The first-order valence-corrected chi connectivity index (χ1v) is 14.7. The second-order valence-corrected chi connectivity index (χ2v) is 11.7. The molecule has 3 aliphatic rings. The molecular weight excluding hydrogens is 531 g/mol. The number of hydrogen-bond acceptors (Lipinski definition) is 6. The molecular formula is C31H36F3N5O2. The molecule has 3 aromatic rings. The maximum Gasteiger partial charge on any atom is 0.433 e. The van der Waals surface area contributed by atoms with Crippen LogP contribution in [0.15, 0.2) is 53.2 Å². The monoisotopic (exact) mass is 567 g/mol. The van der Waals surface area contributed by atoms with Gasteiger partial charge in [0.05, 0.1) is 18.1 Å². The Bertz CT molecular complexity index is 1340. The molecule has 0 radical (unpaired) electrons. The zero-order valence-corrected chi connectivity index (χ0v) is 23.0. The lowest BCUT2D eigenvalue weighted by Crippen LogP contribution is -2.39. The van der Waals surface area contributed by atoms with E-state index in [1.54, 1.807) is 12.3 Å². The summed E-state index contributed by atoms with van der Waals surface area (Å²) in [5.41, 5.74) is 1.32. The SMILES string of the molecule is O=C(NC1CC1)c1cccc(-c2cnc(N[C@@H]3CCCC[C@H]3C[C@H]3CCCN(c4ccc(C(F)(F)F)nc4)C3)o2)c1. The molecule has 2 aromatic heterocycles. The normalized spacial score (nSPS) is 23.3. The first-order chi connectivity index (χ1) is 19.8. The van der Waals surface area contributed by atoms with Gasteiger partial charge in [-0.3, -0.25) is 4.79 Å². The van der Waals surface area contributed by atoms with Gasteiger partial charge in [0.1, 0.15) is 5.69 Å². The zero-order valence-electron chi connectivity index (χ0n) is 23.0. The number of hydrogen-bond donors (Lipinski definition) is 2. The number of benzene rings is 1. The summed E-state index contributed by atoms with van der Waals surface area (Å²) in [4.78, 5) is 22.8. The smallest absolute Gasteiger partial charge is 0.424 e. The van der Waals surface area contributed by atoms with E-state index in [4.69, 9.17) is 4.42 Å². The summed E-state index contributed by atoms with van der Waals surface area (Å²) in [6.45, 7) is 1.66. The Kier molecular flexibility index (Phi) is 7.90. The lowest BCUT2D eigenvalue weighted by Gasteiger charge is -2.39. The number of carbonyl (C=O) groups excluding carboxylic acids is 1. The second-order valence-electron chi connectivity index (χ2n) is 11.7. The Morgan fingerprint density at radius 2 is 1.85 bits per heavy atom. The summed E-state index contributed by atoms with van der Waals surface area (Å²) in [5, 5.41) is 6.58. The van der Waals surface area contributed by atoms with Crippen molar-refractivity contribution >= 4 is 17.6 Å². The Morgan fingerprint density at radius 1 is 1.00 bits per heavy atom. The number of nitrogens with zero attached hydrogens (tertiary/aromatic N) is 3. The van der Waals surface area contributed by atoms with Crippen molar-refractivity contribution in [1.29, 1.82) is 0 Å². The Morgan fingerprint density at radius 3 is 2.63 bits per heavy atom. The molecule has 10 heteroatoms. The van der Waals surface area contributed by atoms with Crippen LogP contribution in [0, 0.1) is 11.8 Å². The van der Waals surface area contributed by atoms with Gasteiger partial charge in [0.2, 0.25) is 0 Å². The van der Waals surface area contributed by atoms with E-state index in [9.17, 15) is 18.0 Å². The number of oxazole rings is 1. The number of amides is 1. The van der Waals surface area contributed by atoms with E-state index < -0.39 is 11.9 Å². The number of aromatic nitrogens is 2. The summed E-state index contributed by atoms with van der Waals surface area (Å²) in [6.07, 6.45) is 8.39. The lowest BCUT2D eigenvalue weighted by molar-refractivity contribution is -0.141. The molecule has 0 bridgehead atoms. The van der Waals surface area contributed by atoms with Crippen molar-refractivity contribution in [3.8, 4) is 11.3 Å². The van der Waals surface area contributed by atoms with Crippen molar-refractivity contribution in [2.24, 2.45) is 11.8 Å². The van der Waals surface area contributed by atoms with E-state index in [-0.39, 0.29) is 11.9 Å². The van der Waals surface area contributed by atoms with E-state index in [1.165, 1.54) is 12.6 Å². The van der Waals surface area contributed by atoms with Crippen molar-refractivity contribution in [3.63, 3.8) is 0 Å². The molecule has 3 heterocycles. The van der Waals surface area contributed by atoms with Crippen molar-refractivity contribution in [1.82, 2.24) is 15.3 Å². The third-order valence-corrected chi connectivity index (χ3v) is 8.60. The highest BCUT2D eigenvalue weighted by Gasteiger charge is 2.33. The van der Waals surface area contributed by atoms with Gasteiger partial charge in [0.25, 0.3) is 11.9 Å². The minimum atomic E-state index is -4.42. The third-order valence-electron chi connectivity index (χ3n) is 8.60. The largest absolute Gasteiger partial charge is 0.433 e. The van der Waals surface area contributed by atoms with Crippen LogP contribution in [-0.4, -0.2) is 41.0 Å². The van der Waals surface area contributed by atoms with Crippen LogP contribution < -0.4 is 15.5 Å². The van der Waals surface area contributed by atoms with Gasteiger partial charge in [-0.15, -0.1) is 0 Å². The zero-order chi connectivity index (χ0) is 28.4. The fraction of sp³-hybridized carbons (Fsp3) is 0.516. The standard InChI is InChI=1S/C31H36F3N5O2/c32-31(33,34)28-13-12-25(17-35-28)39-14-4-5-20(19-39)15-21-6-1-2-9-26(21)38-30-36-18-27(41-30)22-7-3-8-23(16-22)29(40)37-24-10-11-24/h3,7-8,12-13,16-18,20-21,24,26H,1-2,4-6,9-11,14-15,19H2,(H,36,38)(H,37,40)/t20-,21+,26-/m1/s1. The Hall–Kier alpha value is -3.56. The molecule has 1 amide bonds. The van der Waals surface area contributed by atoms with E-state index in [1.807, 2.05) is 24.3 Å². The molecule has 218 valence electrons. The maximum atomic E-state index is 12.9. The predicted octanol–water partition coefficient (Wildman–Crippen LogP) is 6.93. The van der Waals surface area contributed by atoms with Crippen molar-refractivity contribution < 1.29 is 22.4 Å².